The van der Waals surface area contributed by atoms with Crippen LogP contribution in [0.2, 0.25) is 0 Å². The third kappa shape index (κ3) is 4.00. The van der Waals surface area contributed by atoms with E-state index >= 15 is 0 Å². The van der Waals surface area contributed by atoms with Gasteiger partial charge in [-0.15, -0.1) is 0 Å². The molecule has 2 heterocycles. The van der Waals surface area contributed by atoms with Crippen LogP contribution in [0.25, 0.3) is 11.8 Å². The fourth-order valence-electron chi connectivity index (χ4n) is 5.00. The van der Waals surface area contributed by atoms with Gasteiger partial charge >= 0.3 is 5.97 Å². The largest absolute Gasteiger partial charge is 0.491 e. The molecule has 194 valence electrons. The summed E-state index contributed by atoms with van der Waals surface area (Å²) >= 11 is 0. The van der Waals surface area contributed by atoms with Crippen molar-refractivity contribution in [2.45, 2.75) is 17.7 Å². The number of carbonyl (C=O) groups excluding carboxylic acids is 1. The molecule has 0 N–H and O–H groups in total. The topological polar surface area (TPSA) is 90.7 Å². The van der Waals surface area contributed by atoms with Crippen molar-refractivity contribution in [3.63, 3.8) is 0 Å². The molecule has 8 nitrogen and oxygen atoms in total. The lowest BCUT2D eigenvalue weighted by molar-refractivity contribution is -0.151. The van der Waals surface area contributed by atoms with Crippen LogP contribution in [0.5, 0.6) is 5.75 Å². The van der Waals surface area contributed by atoms with Crippen molar-refractivity contribution in [3.8, 4) is 11.4 Å². The first-order valence-corrected chi connectivity index (χ1v) is 12.7. The lowest BCUT2D eigenvalue weighted by Crippen LogP contribution is -2.53. The van der Waals surface area contributed by atoms with Gasteiger partial charge in [0.15, 0.2) is 17.4 Å². The van der Waals surface area contributed by atoms with Gasteiger partial charge in [0.1, 0.15) is 11.2 Å². The highest BCUT2D eigenvalue weighted by Crippen LogP contribution is 2.46. The molecule has 1 saturated heterocycles. The van der Waals surface area contributed by atoms with E-state index in [0.717, 1.165) is 11.4 Å². The molecule has 1 aliphatic heterocycles. The van der Waals surface area contributed by atoms with Gasteiger partial charge in [-0.3, -0.25) is 4.79 Å². The molecule has 0 bridgehead atoms. The van der Waals surface area contributed by atoms with Crippen LogP contribution < -0.4 is 4.74 Å². The fourth-order valence-corrected chi connectivity index (χ4v) is 6.53. The Kier molecular flexibility index (Phi) is 6.11. The van der Waals surface area contributed by atoms with E-state index in [9.17, 15) is 26.4 Å². The lowest BCUT2D eigenvalue weighted by atomic mass is 9.69. The molecule has 0 radical (unpaired) electrons. The van der Waals surface area contributed by atoms with Gasteiger partial charge in [0.05, 0.1) is 36.7 Å². The van der Waals surface area contributed by atoms with Crippen molar-refractivity contribution in [2.75, 3.05) is 27.3 Å². The van der Waals surface area contributed by atoms with Gasteiger partial charge in [-0.05, 0) is 66.5 Å². The second-order valence-electron chi connectivity index (χ2n) is 8.87. The number of benzene rings is 2. The Balaban J connectivity index is 1.54. The Morgan fingerprint density at radius 2 is 1.76 bits per heavy atom. The third-order valence-corrected chi connectivity index (χ3v) is 8.66. The Morgan fingerprint density at radius 3 is 2.38 bits per heavy atom. The molecule has 0 amide bonds. The van der Waals surface area contributed by atoms with E-state index in [1.807, 2.05) is 0 Å². The Bertz CT molecular complexity index is 1510. The number of rotatable bonds is 5. The molecule has 0 spiro atoms. The van der Waals surface area contributed by atoms with Crippen molar-refractivity contribution < 1.29 is 35.9 Å². The summed E-state index contributed by atoms with van der Waals surface area (Å²) in [5, 5.41) is 4.39. The molecule has 1 atom stereocenters. The maximum atomic E-state index is 14.3. The van der Waals surface area contributed by atoms with Gasteiger partial charge in [-0.2, -0.15) is 9.40 Å². The second-order valence-corrected chi connectivity index (χ2v) is 10.8. The van der Waals surface area contributed by atoms with E-state index in [2.05, 4.69) is 9.84 Å². The molecule has 1 aliphatic carbocycles. The number of aromatic nitrogens is 2. The molecular weight excluding hydrogens is 511 g/mol. The smallest absolute Gasteiger partial charge is 0.317 e. The van der Waals surface area contributed by atoms with E-state index in [1.54, 1.807) is 29.1 Å². The maximum absolute atomic E-state index is 14.3. The number of esters is 1. The van der Waals surface area contributed by atoms with Gasteiger partial charge in [0.25, 0.3) is 0 Å². The minimum atomic E-state index is -4.38. The van der Waals surface area contributed by atoms with Crippen molar-refractivity contribution >= 4 is 22.1 Å². The van der Waals surface area contributed by atoms with Crippen LogP contribution in [0.3, 0.4) is 0 Å². The number of hydrogen-bond acceptors (Lipinski definition) is 6. The van der Waals surface area contributed by atoms with Crippen LogP contribution in [-0.4, -0.2) is 55.8 Å². The zero-order chi connectivity index (χ0) is 26.5. The molecule has 0 saturated carbocycles. The Hall–Kier alpha value is -3.64. The van der Waals surface area contributed by atoms with E-state index in [4.69, 9.17) is 4.74 Å². The summed E-state index contributed by atoms with van der Waals surface area (Å²) in [7, 11) is -2.09. The first kappa shape index (κ1) is 25.0. The number of hydrogen-bond donors (Lipinski definition) is 0. The summed E-state index contributed by atoms with van der Waals surface area (Å²) in [6.07, 6.45) is 3.62. The highest BCUT2D eigenvalue weighted by Gasteiger charge is 2.52. The van der Waals surface area contributed by atoms with Crippen LogP contribution >= 0.6 is 0 Å². The minimum Gasteiger partial charge on any atom is -0.491 e. The fraction of sp³-hybridized carbons (Fsp3) is 0.280. The van der Waals surface area contributed by atoms with Crippen LogP contribution in [0, 0.1) is 22.9 Å². The molecule has 3 aromatic rings. The molecule has 5 rings (SSSR count). The normalized spacial score (nSPS) is 19.5. The first-order valence-electron chi connectivity index (χ1n) is 11.3. The summed E-state index contributed by atoms with van der Waals surface area (Å²) in [5.41, 5.74) is 1.27. The molecule has 1 fully saturated rings. The number of nitrogens with zero attached hydrogens (tertiary/aromatic N) is 3. The summed E-state index contributed by atoms with van der Waals surface area (Å²) < 4.78 is 81.2. The van der Waals surface area contributed by atoms with Crippen LogP contribution in [0.4, 0.5) is 13.2 Å². The summed E-state index contributed by atoms with van der Waals surface area (Å²) in [6, 6.07) is 7.16. The molecule has 2 aliphatic rings. The van der Waals surface area contributed by atoms with E-state index < -0.39 is 49.5 Å². The Labute approximate surface area is 211 Å². The zero-order valence-electron chi connectivity index (χ0n) is 19.9. The molecule has 12 heteroatoms. The van der Waals surface area contributed by atoms with Gasteiger partial charge < -0.3 is 9.47 Å². The van der Waals surface area contributed by atoms with Crippen molar-refractivity contribution in [3.05, 3.63) is 76.9 Å². The monoisotopic (exact) mass is 533 g/mol. The second kappa shape index (κ2) is 9.03. The predicted molar refractivity (Wildman–Crippen MR) is 126 cm³/mol. The molecule has 0 unspecified atom stereocenters. The standard InChI is InChI=1S/C25H22F3N3O5S/c1-35-23-20(27)10-19(11-21(23)28)37(33,34)30-8-7-16-9-22-15(12-25(16,14-30)24(32)36-2)13-29-31(22)18-5-3-17(26)4-6-18/h3-6,9-11,13H,7-8,12,14H2,1-2H3/t25-/m0/s1. The summed E-state index contributed by atoms with van der Waals surface area (Å²) in [5.74, 6) is -4.02. The molecule has 2 aromatic carbocycles. The zero-order valence-corrected chi connectivity index (χ0v) is 20.7. The number of sulfonamides is 1. The van der Waals surface area contributed by atoms with Gasteiger partial charge in [0, 0.05) is 13.1 Å². The van der Waals surface area contributed by atoms with Crippen molar-refractivity contribution in [2.24, 2.45) is 5.41 Å². The Morgan fingerprint density at radius 1 is 1.08 bits per heavy atom. The van der Waals surface area contributed by atoms with Crippen molar-refractivity contribution in [1.82, 2.24) is 14.1 Å². The lowest BCUT2D eigenvalue weighted by Gasteiger charge is -2.43. The molecule has 1 aromatic heterocycles. The maximum Gasteiger partial charge on any atom is 0.317 e. The molecular formula is C25H22F3N3O5S. The number of ether oxygens (including phenoxy) is 2. The average molecular weight is 534 g/mol. The quantitative estimate of drug-likeness (QED) is 0.467. The van der Waals surface area contributed by atoms with E-state index in [0.29, 0.717) is 34.7 Å². The van der Waals surface area contributed by atoms with Gasteiger partial charge in [0.2, 0.25) is 10.0 Å². The SMILES string of the molecule is COC(=O)[C@]12Cc3cnn(-c4ccc(F)cc4)c3C=C1CCN(S(=O)(=O)c1cc(F)c(OC)c(F)c1)C2. The summed E-state index contributed by atoms with van der Waals surface area (Å²) in [6.45, 7) is -0.313. The van der Waals surface area contributed by atoms with Gasteiger partial charge in [-0.1, -0.05) is 0 Å². The third-order valence-electron chi connectivity index (χ3n) is 6.84. The van der Waals surface area contributed by atoms with Gasteiger partial charge in [-0.25, -0.2) is 26.3 Å². The number of methoxy groups -OCH3 is 2. The van der Waals surface area contributed by atoms with Crippen LogP contribution in [-0.2, 0) is 26.0 Å². The number of fused-ring (bicyclic) bond motifs is 2. The highest BCUT2D eigenvalue weighted by molar-refractivity contribution is 7.89. The summed E-state index contributed by atoms with van der Waals surface area (Å²) in [4.78, 5) is 12.6. The minimum absolute atomic E-state index is 0.0256. The molecule has 37 heavy (non-hydrogen) atoms. The highest BCUT2D eigenvalue weighted by atomic mass is 32.2. The van der Waals surface area contributed by atoms with E-state index in [1.165, 1.54) is 19.2 Å². The predicted octanol–water partition coefficient (Wildman–Crippen LogP) is 3.49. The van der Waals surface area contributed by atoms with E-state index in [-0.39, 0.29) is 25.9 Å². The number of carbonyl (C=O) groups is 1. The van der Waals surface area contributed by atoms with Crippen molar-refractivity contribution in [1.29, 1.82) is 0 Å². The number of piperidine rings is 1. The van der Waals surface area contributed by atoms with Crippen LogP contribution in [0.15, 0.2) is 53.1 Å². The number of halogens is 3. The first-order chi connectivity index (χ1) is 17.6. The average Bonchev–Trinajstić information content (AvgIpc) is 3.28. The van der Waals surface area contributed by atoms with Crippen LogP contribution in [0.1, 0.15) is 17.7 Å².